The smallest absolute Gasteiger partial charge is 0.311 e. The number of hydrogen-bond donors (Lipinski definition) is 1. The van der Waals surface area contributed by atoms with E-state index in [1.54, 1.807) is 36.7 Å². The fourth-order valence-electron chi connectivity index (χ4n) is 2.98. The third kappa shape index (κ3) is 4.25. The molecular formula is C21H13ClN6O3S. The van der Waals surface area contributed by atoms with Crippen LogP contribution in [0.4, 0.5) is 17.1 Å². The average Bonchev–Trinajstić information content (AvgIpc) is 2.80. The van der Waals surface area contributed by atoms with E-state index < -0.39 is 4.92 Å². The van der Waals surface area contributed by atoms with Crippen molar-refractivity contribution in [2.45, 2.75) is 10.1 Å². The monoisotopic (exact) mass is 464 g/mol. The summed E-state index contributed by atoms with van der Waals surface area (Å²) in [7, 11) is 1.35. The molecular weight excluding hydrogens is 452 g/mol. The summed E-state index contributed by atoms with van der Waals surface area (Å²) in [4.78, 5) is 24.2. The molecule has 4 aromatic rings. The van der Waals surface area contributed by atoms with Gasteiger partial charge in [0.15, 0.2) is 10.9 Å². The van der Waals surface area contributed by atoms with Crippen molar-refractivity contribution in [1.82, 2.24) is 15.0 Å². The number of ether oxygens (including phenoxy) is 1. The summed E-state index contributed by atoms with van der Waals surface area (Å²) in [6.45, 7) is 0. The van der Waals surface area contributed by atoms with Crippen molar-refractivity contribution in [2.24, 2.45) is 0 Å². The number of nitrogens with one attached hydrogen (secondary N) is 1. The number of benzene rings is 2. The van der Waals surface area contributed by atoms with Crippen molar-refractivity contribution < 1.29 is 9.66 Å². The van der Waals surface area contributed by atoms with Crippen LogP contribution in [-0.2, 0) is 0 Å². The number of methoxy groups -OCH3 is 1. The maximum atomic E-state index is 11.5. The van der Waals surface area contributed by atoms with E-state index >= 15 is 0 Å². The summed E-state index contributed by atoms with van der Waals surface area (Å²) in [5.41, 5.74) is 1.41. The van der Waals surface area contributed by atoms with Crippen molar-refractivity contribution in [2.75, 3.05) is 12.4 Å². The lowest BCUT2D eigenvalue weighted by Gasteiger charge is -2.13. The zero-order valence-corrected chi connectivity index (χ0v) is 18.0. The molecule has 0 radical (unpaired) electrons. The summed E-state index contributed by atoms with van der Waals surface area (Å²) in [6, 6.07) is 11.9. The number of rotatable bonds is 6. The molecule has 0 aliphatic carbocycles. The molecule has 158 valence electrons. The fraction of sp³-hybridized carbons (Fsp3) is 0.0476. The Morgan fingerprint density at radius 2 is 2.00 bits per heavy atom. The number of halogens is 1. The van der Waals surface area contributed by atoms with Gasteiger partial charge in [0.2, 0.25) is 0 Å². The zero-order valence-electron chi connectivity index (χ0n) is 16.4. The first kappa shape index (κ1) is 21.3. The zero-order chi connectivity index (χ0) is 22.7. The number of hydrogen-bond acceptors (Lipinski definition) is 9. The molecule has 0 spiro atoms. The summed E-state index contributed by atoms with van der Waals surface area (Å²) < 4.78 is 5.11. The Balaban J connectivity index is 1.75. The topological polar surface area (TPSA) is 127 Å². The second kappa shape index (κ2) is 9.05. The minimum atomic E-state index is -0.546. The van der Waals surface area contributed by atoms with Gasteiger partial charge in [0.1, 0.15) is 6.07 Å². The maximum absolute atomic E-state index is 11.5. The van der Waals surface area contributed by atoms with Crippen LogP contribution in [-0.4, -0.2) is 27.0 Å². The number of nitro groups is 1. The van der Waals surface area contributed by atoms with Crippen LogP contribution >= 0.6 is 23.4 Å². The quantitative estimate of drug-likeness (QED) is 0.228. The number of nitro benzene ring substituents is 1. The van der Waals surface area contributed by atoms with Crippen LogP contribution in [0.1, 0.15) is 5.56 Å². The van der Waals surface area contributed by atoms with Crippen molar-refractivity contribution in [3.8, 4) is 11.8 Å². The van der Waals surface area contributed by atoms with Crippen molar-refractivity contribution in [3.05, 3.63) is 75.7 Å². The minimum Gasteiger partial charge on any atom is -0.490 e. The standard InChI is InChI=1S/C21H13ClN6O3S/c1-31-18-9-16-14(8-17(18)28(29)30)20(12(10-23)11-26-16)27-13-3-4-19(15(22)7-13)32-21-24-5-2-6-25-21/h2-9,11H,1H3,(H,26,27). The highest BCUT2D eigenvalue weighted by Crippen LogP contribution is 2.38. The van der Waals surface area contributed by atoms with Gasteiger partial charge in [0.25, 0.3) is 0 Å². The van der Waals surface area contributed by atoms with Crippen molar-refractivity contribution in [3.63, 3.8) is 0 Å². The van der Waals surface area contributed by atoms with Gasteiger partial charge in [-0.25, -0.2) is 9.97 Å². The number of fused-ring (bicyclic) bond motifs is 1. The number of pyridine rings is 1. The van der Waals surface area contributed by atoms with E-state index in [9.17, 15) is 15.4 Å². The van der Waals surface area contributed by atoms with E-state index in [1.165, 1.54) is 37.2 Å². The van der Waals surface area contributed by atoms with Crippen molar-refractivity contribution in [1.29, 1.82) is 5.26 Å². The van der Waals surface area contributed by atoms with Gasteiger partial charge in [-0.2, -0.15) is 5.26 Å². The van der Waals surface area contributed by atoms with Crippen LogP contribution in [0.5, 0.6) is 5.75 Å². The van der Waals surface area contributed by atoms with Crippen LogP contribution in [0.25, 0.3) is 10.9 Å². The number of nitrogens with zero attached hydrogens (tertiary/aromatic N) is 5. The highest BCUT2D eigenvalue weighted by Gasteiger charge is 2.20. The summed E-state index contributed by atoms with van der Waals surface area (Å²) in [5, 5.41) is 25.6. The van der Waals surface area contributed by atoms with Gasteiger partial charge in [-0.3, -0.25) is 15.1 Å². The molecule has 0 bridgehead atoms. The Labute approximate surface area is 191 Å². The molecule has 0 atom stereocenters. The fourth-order valence-corrected chi connectivity index (χ4v) is 3.99. The molecule has 32 heavy (non-hydrogen) atoms. The van der Waals surface area contributed by atoms with Gasteiger partial charge in [0.05, 0.1) is 33.8 Å². The summed E-state index contributed by atoms with van der Waals surface area (Å²) >= 11 is 7.76. The molecule has 0 fully saturated rings. The van der Waals surface area contributed by atoms with Crippen LogP contribution in [0.15, 0.2) is 65.0 Å². The molecule has 0 saturated heterocycles. The average molecular weight is 465 g/mol. The first-order valence-corrected chi connectivity index (χ1v) is 10.3. The molecule has 1 N–H and O–H groups in total. The van der Waals surface area contributed by atoms with E-state index in [0.29, 0.717) is 32.5 Å². The highest BCUT2D eigenvalue weighted by atomic mass is 35.5. The Hall–Kier alpha value is -3.94. The van der Waals surface area contributed by atoms with Crippen LogP contribution in [0.3, 0.4) is 0 Å². The lowest BCUT2D eigenvalue weighted by atomic mass is 10.1. The number of nitriles is 1. The molecule has 2 aromatic heterocycles. The lowest BCUT2D eigenvalue weighted by molar-refractivity contribution is -0.385. The largest absolute Gasteiger partial charge is 0.490 e. The molecule has 0 aliphatic rings. The highest BCUT2D eigenvalue weighted by molar-refractivity contribution is 7.99. The molecule has 0 unspecified atom stereocenters. The molecule has 11 heteroatoms. The minimum absolute atomic E-state index is 0.0817. The van der Waals surface area contributed by atoms with Gasteiger partial charge in [0, 0.05) is 46.7 Å². The van der Waals surface area contributed by atoms with Gasteiger partial charge >= 0.3 is 5.69 Å². The van der Waals surface area contributed by atoms with E-state index in [1.807, 2.05) is 0 Å². The lowest BCUT2D eigenvalue weighted by Crippen LogP contribution is -1.99. The van der Waals surface area contributed by atoms with Crippen LogP contribution < -0.4 is 10.1 Å². The maximum Gasteiger partial charge on any atom is 0.311 e. The number of anilines is 2. The first-order valence-electron chi connectivity index (χ1n) is 9.07. The summed E-state index contributed by atoms with van der Waals surface area (Å²) in [6.07, 6.45) is 4.69. The second-order valence-electron chi connectivity index (χ2n) is 6.36. The third-order valence-corrected chi connectivity index (χ3v) is 5.82. The molecule has 2 aromatic carbocycles. The number of aromatic nitrogens is 3. The van der Waals surface area contributed by atoms with E-state index in [2.05, 4.69) is 26.3 Å². The molecule has 0 amide bonds. The Bertz CT molecular complexity index is 1380. The van der Waals surface area contributed by atoms with Gasteiger partial charge in [-0.15, -0.1) is 0 Å². The Morgan fingerprint density at radius 1 is 1.22 bits per heavy atom. The predicted octanol–water partition coefficient (Wildman–Crippen LogP) is 5.36. The Kier molecular flexibility index (Phi) is 6.02. The van der Waals surface area contributed by atoms with Gasteiger partial charge in [-0.05, 0) is 36.0 Å². The molecule has 0 aliphatic heterocycles. The second-order valence-corrected chi connectivity index (χ2v) is 7.78. The molecule has 2 heterocycles. The molecule has 9 nitrogen and oxygen atoms in total. The van der Waals surface area contributed by atoms with Crippen molar-refractivity contribution >= 4 is 51.3 Å². The summed E-state index contributed by atoms with van der Waals surface area (Å²) in [5.74, 6) is 0.0817. The van der Waals surface area contributed by atoms with Gasteiger partial charge in [-0.1, -0.05) is 11.6 Å². The molecule has 4 rings (SSSR count). The SMILES string of the molecule is COc1cc2ncc(C#N)c(Nc3ccc(Sc4ncccn4)c(Cl)c3)c2cc1[N+](=O)[O-]. The predicted molar refractivity (Wildman–Crippen MR) is 121 cm³/mol. The third-order valence-electron chi connectivity index (χ3n) is 4.43. The van der Waals surface area contributed by atoms with Crippen LogP contribution in [0.2, 0.25) is 5.02 Å². The van der Waals surface area contributed by atoms with E-state index in [-0.39, 0.29) is 17.0 Å². The first-order chi connectivity index (χ1) is 15.5. The molecule has 0 saturated carbocycles. The van der Waals surface area contributed by atoms with E-state index in [0.717, 1.165) is 4.90 Å². The normalized spacial score (nSPS) is 10.5. The Morgan fingerprint density at radius 3 is 2.66 bits per heavy atom. The van der Waals surface area contributed by atoms with Crippen LogP contribution in [0, 0.1) is 21.4 Å². The van der Waals surface area contributed by atoms with Gasteiger partial charge < -0.3 is 10.1 Å². The van der Waals surface area contributed by atoms with E-state index in [4.69, 9.17) is 16.3 Å².